The van der Waals surface area contributed by atoms with Crippen molar-refractivity contribution >= 4 is 58.4 Å². The number of benzene rings is 2. The van der Waals surface area contributed by atoms with Crippen LogP contribution in [0.15, 0.2) is 53.3 Å². The molecule has 0 aliphatic heterocycles. The van der Waals surface area contributed by atoms with E-state index in [-0.39, 0.29) is 23.8 Å². The third kappa shape index (κ3) is 5.08. The number of aromatic nitrogens is 1. The molecular weight excluding hydrogens is 443 g/mol. The van der Waals surface area contributed by atoms with Crippen molar-refractivity contribution in [1.29, 1.82) is 0 Å². The standard InChI is InChI=1S/C22H18Cl2N2O3S/c1-25(2)20(28)13-26-21(12-18(27)16-5-3-4-6-17(16)24)30-19(22(26)29)11-14-7-9-15(23)10-8-14/h3-12H,13H2,1-2H3/b19-11-,21-12-. The van der Waals surface area contributed by atoms with Crippen LogP contribution >= 0.6 is 34.5 Å². The fourth-order valence-corrected chi connectivity index (χ4v) is 4.03. The summed E-state index contributed by atoms with van der Waals surface area (Å²) in [5, 5.41) is 0.910. The number of ketones is 1. The second kappa shape index (κ2) is 9.43. The fourth-order valence-electron chi connectivity index (χ4n) is 2.63. The zero-order chi connectivity index (χ0) is 21.8. The molecule has 30 heavy (non-hydrogen) atoms. The van der Waals surface area contributed by atoms with E-state index in [1.54, 1.807) is 68.7 Å². The predicted octanol–water partition coefficient (Wildman–Crippen LogP) is 2.80. The Morgan fingerprint density at radius 3 is 2.37 bits per heavy atom. The normalized spacial score (nSPS) is 12.3. The van der Waals surface area contributed by atoms with Crippen molar-refractivity contribution < 1.29 is 9.59 Å². The Hall–Kier alpha value is -2.67. The van der Waals surface area contributed by atoms with Gasteiger partial charge in [0.05, 0.1) is 9.55 Å². The Kier molecular flexibility index (Phi) is 6.92. The molecule has 0 aliphatic rings. The Bertz CT molecular complexity index is 1270. The van der Waals surface area contributed by atoms with Gasteiger partial charge >= 0.3 is 0 Å². The van der Waals surface area contributed by atoms with E-state index in [9.17, 15) is 14.4 Å². The van der Waals surface area contributed by atoms with Crippen molar-refractivity contribution in [2.24, 2.45) is 0 Å². The summed E-state index contributed by atoms with van der Waals surface area (Å²) in [4.78, 5) is 39.4. The number of thiazole rings is 1. The van der Waals surface area contributed by atoms with Gasteiger partial charge in [-0.1, -0.05) is 47.5 Å². The molecule has 0 spiro atoms. The molecule has 2 aromatic carbocycles. The number of likely N-dealkylation sites (N-methyl/N-ethyl adjacent to an activating group) is 1. The lowest BCUT2D eigenvalue weighted by Gasteiger charge is -2.10. The molecular formula is C22H18Cl2N2O3S. The van der Waals surface area contributed by atoms with Crippen LogP contribution in [-0.4, -0.2) is 35.3 Å². The number of rotatable bonds is 5. The number of Topliss-reactive ketones (excluding diaryl/α,β-unsaturated/α-hetero) is 1. The summed E-state index contributed by atoms with van der Waals surface area (Å²) < 4.78 is 2.09. The highest BCUT2D eigenvalue weighted by Gasteiger charge is 2.13. The van der Waals surface area contributed by atoms with Crippen LogP contribution in [0.4, 0.5) is 0 Å². The van der Waals surface area contributed by atoms with Crippen molar-refractivity contribution in [3.05, 3.63) is 89.3 Å². The molecule has 3 aromatic rings. The minimum atomic E-state index is -0.344. The van der Waals surface area contributed by atoms with Crippen molar-refractivity contribution in [1.82, 2.24) is 9.47 Å². The first-order valence-corrected chi connectivity index (χ1v) is 10.5. The molecule has 0 fully saturated rings. The third-order valence-electron chi connectivity index (χ3n) is 4.29. The average Bonchev–Trinajstić information content (AvgIpc) is 2.98. The lowest BCUT2D eigenvalue weighted by atomic mass is 10.1. The first-order chi connectivity index (χ1) is 14.3. The molecule has 1 aromatic heterocycles. The molecule has 0 saturated heterocycles. The SMILES string of the molecule is CN(C)C(=O)Cn1c(=O)/c(=C/c2ccc(Cl)cc2)s/c1=C\C(=O)c1ccccc1Cl. The summed E-state index contributed by atoms with van der Waals surface area (Å²) >= 11 is 13.2. The van der Waals surface area contributed by atoms with E-state index < -0.39 is 0 Å². The van der Waals surface area contributed by atoms with Gasteiger partial charge in [-0.3, -0.25) is 19.0 Å². The van der Waals surface area contributed by atoms with Gasteiger partial charge in [0.2, 0.25) is 5.91 Å². The van der Waals surface area contributed by atoms with Crippen molar-refractivity contribution in [3.63, 3.8) is 0 Å². The quantitative estimate of drug-likeness (QED) is 0.550. The van der Waals surface area contributed by atoms with Crippen molar-refractivity contribution in [2.75, 3.05) is 14.1 Å². The smallest absolute Gasteiger partial charge is 0.269 e. The summed E-state index contributed by atoms with van der Waals surface area (Å²) in [6.07, 6.45) is 3.05. The van der Waals surface area contributed by atoms with Gasteiger partial charge < -0.3 is 4.90 Å². The number of amides is 1. The zero-order valence-corrected chi connectivity index (χ0v) is 18.6. The van der Waals surface area contributed by atoms with E-state index in [1.165, 1.54) is 15.5 Å². The van der Waals surface area contributed by atoms with Crippen molar-refractivity contribution in [3.8, 4) is 0 Å². The monoisotopic (exact) mass is 460 g/mol. The predicted molar refractivity (Wildman–Crippen MR) is 122 cm³/mol. The zero-order valence-electron chi connectivity index (χ0n) is 16.3. The van der Waals surface area contributed by atoms with Crippen LogP contribution in [0.2, 0.25) is 10.0 Å². The van der Waals surface area contributed by atoms with E-state index in [2.05, 4.69) is 0 Å². The van der Waals surface area contributed by atoms with Gasteiger partial charge in [-0.05, 0) is 35.9 Å². The van der Waals surface area contributed by atoms with Gasteiger partial charge in [0.1, 0.15) is 11.2 Å². The number of carbonyl (C=O) groups is 2. The molecule has 0 N–H and O–H groups in total. The van der Waals surface area contributed by atoms with Crippen LogP contribution in [0, 0.1) is 0 Å². The molecule has 1 heterocycles. The number of carbonyl (C=O) groups excluding carboxylic acids is 2. The van der Waals surface area contributed by atoms with E-state index in [4.69, 9.17) is 23.2 Å². The molecule has 0 atom stereocenters. The maximum absolute atomic E-state index is 13.0. The molecule has 0 aliphatic carbocycles. The fraction of sp³-hybridized carbons (Fsp3) is 0.136. The van der Waals surface area contributed by atoms with Crippen molar-refractivity contribution in [2.45, 2.75) is 6.54 Å². The first-order valence-electron chi connectivity index (χ1n) is 8.94. The molecule has 154 valence electrons. The van der Waals surface area contributed by atoms with Crippen LogP contribution < -0.4 is 14.8 Å². The summed E-state index contributed by atoms with van der Waals surface area (Å²) in [6, 6.07) is 13.7. The molecule has 8 heteroatoms. The Balaban J connectivity index is 2.16. The Morgan fingerprint density at radius 2 is 1.73 bits per heavy atom. The van der Waals surface area contributed by atoms with E-state index >= 15 is 0 Å². The molecule has 0 radical (unpaired) electrons. The van der Waals surface area contributed by atoms with Gasteiger partial charge in [0, 0.05) is 30.8 Å². The Morgan fingerprint density at radius 1 is 1.07 bits per heavy atom. The average molecular weight is 461 g/mol. The van der Waals surface area contributed by atoms with E-state index in [0.717, 1.165) is 16.9 Å². The van der Waals surface area contributed by atoms with E-state index in [0.29, 0.717) is 24.8 Å². The number of nitrogens with zero attached hydrogens (tertiary/aromatic N) is 2. The lowest BCUT2D eigenvalue weighted by molar-refractivity contribution is -0.129. The van der Waals surface area contributed by atoms with Crippen LogP contribution in [0.5, 0.6) is 0 Å². The number of hydrogen-bond acceptors (Lipinski definition) is 4. The first kappa shape index (κ1) is 22.0. The van der Waals surface area contributed by atoms with Gasteiger partial charge in [-0.2, -0.15) is 0 Å². The second-order valence-electron chi connectivity index (χ2n) is 6.67. The van der Waals surface area contributed by atoms with Gasteiger partial charge in [-0.15, -0.1) is 11.3 Å². The van der Waals surface area contributed by atoms with Crippen LogP contribution in [-0.2, 0) is 11.3 Å². The van der Waals surface area contributed by atoms with Crippen LogP contribution in [0.3, 0.4) is 0 Å². The largest absolute Gasteiger partial charge is 0.347 e. The highest BCUT2D eigenvalue weighted by molar-refractivity contribution is 7.07. The minimum absolute atomic E-state index is 0.168. The van der Waals surface area contributed by atoms with Gasteiger partial charge in [0.15, 0.2) is 5.78 Å². The molecule has 3 rings (SSSR count). The van der Waals surface area contributed by atoms with Gasteiger partial charge in [-0.25, -0.2) is 0 Å². The highest BCUT2D eigenvalue weighted by atomic mass is 35.5. The van der Waals surface area contributed by atoms with Gasteiger partial charge in [0.25, 0.3) is 5.56 Å². The van der Waals surface area contributed by atoms with Crippen LogP contribution in [0.1, 0.15) is 15.9 Å². The number of halogens is 2. The molecule has 0 unspecified atom stereocenters. The molecule has 1 amide bonds. The topological polar surface area (TPSA) is 59.4 Å². The summed E-state index contributed by atoms with van der Waals surface area (Å²) in [6.45, 7) is -0.168. The molecule has 5 nitrogen and oxygen atoms in total. The highest BCUT2D eigenvalue weighted by Crippen LogP contribution is 2.15. The second-order valence-corrected chi connectivity index (χ2v) is 8.57. The Labute approximate surface area is 187 Å². The summed E-state index contributed by atoms with van der Waals surface area (Å²) in [5.74, 6) is -0.598. The number of hydrogen-bond donors (Lipinski definition) is 0. The maximum atomic E-state index is 13.0. The summed E-state index contributed by atoms with van der Waals surface area (Å²) in [5.41, 5.74) is 0.768. The summed E-state index contributed by atoms with van der Waals surface area (Å²) in [7, 11) is 3.22. The van der Waals surface area contributed by atoms with Crippen LogP contribution in [0.25, 0.3) is 12.2 Å². The third-order valence-corrected chi connectivity index (χ3v) is 5.93. The lowest BCUT2D eigenvalue weighted by Crippen LogP contribution is -2.37. The van der Waals surface area contributed by atoms with E-state index in [1.807, 2.05) is 0 Å². The molecule has 0 saturated carbocycles. The molecule has 0 bridgehead atoms. The minimum Gasteiger partial charge on any atom is -0.347 e. The maximum Gasteiger partial charge on any atom is 0.269 e.